The lowest BCUT2D eigenvalue weighted by Gasteiger charge is -2.07. The Kier molecular flexibility index (Phi) is 5.04. The number of hydrazone groups is 1. The van der Waals surface area contributed by atoms with E-state index in [-0.39, 0.29) is 0 Å². The number of nitrogens with zero attached hydrogens (tertiary/aromatic N) is 4. The van der Waals surface area contributed by atoms with Crippen molar-refractivity contribution < 1.29 is 0 Å². The Morgan fingerprint density at radius 3 is 2.04 bits per heavy atom. The molecule has 0 aliphatic rings. The Labute approximate surface area is 140 Å². The molecule has 2 heterocycles. The van der Waals surface area contributed by atoms with Crippen LogP contribution >= 0.6 is 0 Å². The van der Waals surface area contributed by atoms with Crippen LogP contribution in [0.25, 0.3) is 0 Å². The average molecular weight is 315 g/mol. The van der Waals surface area contributed by atoms with Gasteiger partial charge in [0.2, 0.25) is 0 Å². The van der Waals surface area contributed by atoms with Crippen LogP contribution in [-0.2, 0) is 0 Å². The molecule has 0 aliphatic heterocycles. The highest BCUT2D eigenvalue weighted by Crippen LogP contribution is 2.11. The molecule has 1 N–H and O–H groups in total. The Morgan fingerprint density at radius 1 is 0.792 bits per heavy atom. The number of aromatic nitrogens is 2. The van der Waals surface area contributed by atoms with Crippen LogP contribution in [-0.4, -0.2) is 21.5 Å². The number of rotatable bonds is 4. The number of hydrogen-bond donors (Lipinski definition) is 1. The number of benzene rings is 1. The van der Waals surface area contributed by atoms with Gasteiger partial charge in [0.15, 0.2) is 5.84 Å². The first-order valence-corrected chi connectivity index (χ1v) is 7.60. The Morgan fingerprint density at radius 2 is 1.42 bits per heavy atom. The van der Waals surface area contributed by atoms with Crippen molar-refractivity contribution >= 4 is 17.2 Å². The summed E-state index contributed by atoms with van der Waals surface area (Å²) >= 11 is 0. The summed E-state index contributed by atoms with van der Waals surface area (Å²) in [6, 6.07) is 21.1. The van der Waals surface area contributed by atoms with Gasteiger partial charge in [0.25, 0.3) is 0 Å². The first-order chi connectivity index (χ1) is 11.8. The van der Waals surface area contributed by atoms with Crippen molar-refractivity contribution in [3.8, 4) is 0 Å². The predicted octanol–water partition coefficient (Wildman–Crippen LogP) is 3.57. The number of aliphatic imine (C=N–C) groups is 1. The van der Waals surface area contributed by atoms with Crippen LogP contribution in [0.1, 0.15) is 18.3 Å². The summed E-state index contributed by atoms with van der Waals surface area (Å²) in [5.74, 6) is 0.581. The molecule has 3 rings (SSSR count). The Balaban J connectivity index is 1.90. The molecule has 0 saturated carbocycles. The van der Waals surface area contributed by atoms with Crippen LogP contribution < -0.4 is 5.43 Å². The molecular formula is C19H17N5. The lowest BCUT2D eigenvalue weighted by molar-refractivity contribution is 1.00. The maximum atomic E-state index is 4.61. The van der Waals surface area contributed by atoms with Crippen molar-refractivity contribution in [2.75, 3.05) is 0 Å². The van der Waals surface area contributed by atoms with Gasteiger partial charge in [-0.2, -0.15) is 5.10 Å². The van der Waals surface area contributed by atoms with Gasteiger partial charge in [0.05, 0.1) is 17.1 Å². The molecule has 5 nitrogen and oxygen atoms in total. The molecular weight excluding hydrogens is 298 g/mol. The van der Waals surface area contributed by atoms with Gasteiger partial charge in [-0.3, -0.25) is 15.4 Å². The lowest BCUT2D eigenvalue weighted by atomic mass is 10.3. The third kappa shape index (κ3) is 4.10. The third-order valence-corrected chi connectivity index (χ3v) is 3.27. The summed E-state index contributed by atoms with van der Waals surface area (Å²) in [6.45, 7) is 1.90. The number of pyridine rings is 2. The zero-order valence-electron chi connectivity index (χ0n) is 13.3. The molecule has 0 fully saturated rings. The molecule has 2 aromatic heterocycles. The van der Waals surface area contributed by atoms with Gasteiger partial charge in [-0.1, -0.05) is 30.3 Å². The lowest BCUT2D eigenvalue weighted by Crippen LogP contribution is -2.21. The van der Waals surface area contributed by atoms with Crippen molar-refractivity contribution in [2.24, 2.45) is 10.1 Å². The second-order valence-electron chi connectivity index (χ2n) is 5.03. The minimum Gasteiger partial charge on any atom is -0.259 e. The molecule has 118 valence electrons. The molecule has 0 bridgehead atoms. The fourth-order valence-electron chi connectivity index (χ4n) is 2.04. The van der Waals surface area contributed by atoms with E-state index < -0.39 is 0 Å². The molecule has 24 heavy (non-hydrogen) atoms. The average Bonchev–Trinajstić information content (AvgIpc) is 2.67. The van der Waals surface area contributed by atoms with E-state index >= 15 is 0 Å². The van der Waals surface area contributed by atoms with Crippen LogP contribution in [0.3, 0.4) is 0 Å². The first-order valence-electron chi connectivity index (χ1n) is 7.60. The monoisotopic (exact) mass is 315 g/mol. The fraction of sp³-hybridized carbons (Fsp3) is 0.0526. The molecule has 0 amide bonds. The maximum absolute atomic E-state index is 4.61. The van der Waals surface area contributed by atoms with Crippen molar-refractivity contribution in [3.05, 3.63) is 90.5 Å². The van der Waals surface area contributed by atoms with Crippen molar-refractivity contribution in [3.63, 3.8) is 0 Å². The zero-order chi connectivity index (χ0) is 16.6. The van der Waals surface area contributed by atoms with E-state index in [1.165, 1.54) is 0 Å². The molecule has 0 atom stereocenters. The van der Waals surface area contributed by atoms with Crippen LogP contribution in [0.5, 0.6) is 0 Å². The minimum atomic E-state index is 0.581. The summed E-state index contributed by atoms with van der Waals surface area (Å²) in [5.41, 5.74) is 6.15. The molecule has 5 heteroatoms. The van der Waals surface area contributed by atoms with Gasteiger partial charge in [-0.25, -0.2) is 4.99 Å². The highest BCUT2D eigenvalue weighted by molar-refractivity contribution is 6.01. The maximum Gasteiger partial charge on any atom is 0.172 e. The van der Waals surface area contributed by atoms with Gasteiger partial charge in [0.1, 0.15) is 5.69 Å². The summed E-state index contributed by atoms with van der Waals surface area (Å²) in [5, 5.41) is 4.40. The standard InChI is InChI=1S/C19H17N5/c1-15(17-11-5-7-13-20-17)23-24-19(18-12-6-8-14-21-18)22-16-9-3-2-4-10-16/h2-14H,1H3,(H,22,24)/b23-15+. The van der Waals surface area contributed by atoms with Crippen molar-refractivity contribution in [1.82, 2.24) is 15.4 Å². The third-order valence-electron chi connectivity index (χ3n) is 3.27. The number of para-hydroxylation sites is 1. The van der Waals surface area contributed by atoms with Crippen LogP contribution in [0.4, 0.5) is 5.69 Å². The second kappa shape index (κ2) is 7.78. The molecule has 1 aromatic carbocycles. The van der Waals surface area contributed by atoms with Crippen molar-refractivity contribution in [1.29, 1.82) is 0 Å². The highest BCUT2D eigenvalue weighted by atomic mass is 15.3. The van der Waals surface area contributed by atoms with E-state index in [4.69, 9.17) is 0 Å². The normalized spacial score (nSPS) is 12.0. The van der Waals surface area contributed by atoms with Gasteiger partial charge >= 0.3 is 0 Å². The van der Waals surface area contributed by atoms with Crippen LogP contribution in [0, 0.1) is 0 Å². The summed E-state index contributed by atoms with van der Waals surface area (Å²) < 4.78 is 0. The van der Waals surface area contributed by atoms with Crippen LogP contribution in [0.15, 0.2) is 89.2 Å². The zero-order valence-corrected chi connectivity index (χ0v) is 13.3. The van der Waals surface area contributed by atoms with Gasteiger partial charge in [-0.15, -0.1) is 0 Å². The first kappa shape index (κ1) is 15.6. The fourth-order valence-corrected chi connectivity index (χ4v) is 2.04. The van der Waals surface area contributed by atoms with Crippen LogP contribution in [0.2, 0.25) is 0 Å². The van der Waals surface area contributed by atoms with E-state index in [0.717, 1.165) is 22.8 Å². The SMILES string of the molecule is C/C(=N\NC(=Nc1ccccc1)c1ccccn1)c1ccccn1. The highest BCUT2D eigenvalue weighted by Gasteiger charge is 2.05. The van der Waals surface area contributed by atoms with E-state index in [0.29, 0.717) is 5.84 Å². The van der Waals surface area contributed by atoms with Crippen molar-refractivity contribution in [2.45, 2.75) is 6.92 Å². The quantitative estimate of drug-likeness (QED) is 0.455. The van der Waals surface area contributed by atoms with Gasteiger partial charge in [-0.05, 0) is 43.3 Å². The molecule has 0 radical (unpaired) electrons. The number of hydrogen-bond acceptors (Lipinski definition) is 4. The van der Waals surface area contributed by atoms with Gasteiger partial charge in [0, 0.05) is 12.4 Å². The Hall–Kier alpha value is -3.34. The number of amidine groups is 1. The predicted molar refractivity (Wildman–Crippen MR) is 96.5 cm³/mol. The topological polar surface area (TPSA) is 62.5 Å². The Bertz CT molecular complexity index is 827. The second-order valence-corrected chi connectivity index (χ2v) is 5.03. The molecule has 0 aliphatic carbocycles. The number of nitrogens with one attached hydrogen (secondary N) is 1. The summed E-state index contributed by atoms with van der Waals surface area (Å²) in [4.78, 5) is 13.2. The molecule has 0 spiro atoms. The summed E-state index contributed by atoms with van der Waals surface area (Å²) in [7, 11) is 0. The van der Waals surface area contributed by atoms with E-state index in [1.807, 2.05) is 73.7 Å². The van der Waals surface area contributed by atoms with Gasteiger partial charge < -0.3 is 0 Å². The largest absolute Gasteiger partial charge is 0.259 e. The molecule has 3 aromatic rings. The van der Waals surface area contributed by atoms with E-state index in [9.17, 15) is 0 Å². The molecule has 0 unspecified atom stereocenters. The summed E-state index contributed by atoms with van der Waals surface area (Å²) in [6.07, 6.45) is 3.47. The van der Waals surface area contributed by atoms with E-state index in [2.05, 4.69) is 25.5 Å². The molecule has 0 saturated heterocycles. The smallest absolute Gasteiger partial charge is 0.172 e. The van der Waals surface area contributed by atoms with E-state index in [1.54, 1.807) is 12.4 Å². The minimum absolute atomic E-state index is 0.581.